The van der Waals surface area contributed by atoms with Crippen LogP contribution in [0.1, 0.15) is 11.3 Å². The smallest absolute Gasteiger partial charge is 0.164 e. The third kappa shape index (κ3) is 1.33. The van der Waals surface area contributed by atoms with E-state index in [1.165, 1.54) is 5.56 Å². The Balaban J connectivity index is 2.77. The largest absolute Gasteiger partial charge is 0.229 e. The fraction of sp³-hybridized carbons (Fsp3) is 0.0833. The van der Waals surface area contributed by atoms with Gasteiger partial charge in [0.25, 0.3) is 0 Å². The molecule has 0 N–H and O–H groups in total. The molecular weight excluding hydrogens is 158 g/mol. The maximum Gasteiger partial charge on any atom is 0.164 e. The molecule has 0 unspecified atom stereocenters. The monoisotopic (exact) mass is 165 g/mol. The van der Waals surface area contributed by atoms with Gasteiger partial charge in [0.1, 0.15) is 0 Å². The van der Waals surface area contributed by atoms with E-state index in [0.717, 1.165) is 10.9 Å². The molecule has 1 aromatic carbocycles. The molecule has 1 nitrogen and oxygen atoms in total. The molecule has 0 atom stereocenters. The van der Waals surface area contributed by atoms with Gasteiger partial charge in [-0.2, -0.15) is 0 Å². The zero-order chi connectivity index (χ0) is 9.26. The Morgan fingerprint density at radius 1 is 1.38 bits per heavy atom. The topological polar surface area (TPSA) is 12.9 Å². The summed E-state index contributed by atoms with van der Waals surface area (Å²) in [4.78, 5) is 4.23. The second-order valence-corrected chi connectivity index (χ2v) is 2.88. The minimum Gasteiger partial charge on any atom is -0.229 e. The fourth-order valence-electron chi connectivity index (χ4n) is 1.18. The van der Waals surface area contributed by atoms with Gasteiger partial charge in [-0.1, -0.05) is 12.1 Å². The van der Waals surface area contributed by atoms with Crippen molar-refractivity contribution in [3.63, 3.8) is 0 Å². The Bertz CT molecular complexity index is 492. The highest BCUT2D eigenvalue weighted by Crippen LogP contribution is 2.10. The van der Waals surface area contributed by atoms with Crippen LogP contribution in [0, 0.1) is 31.4 Å². The number of fused-ring (bicyclic) bond motifs is 1. The van der Waals surface area contributed by atoms with Crippen molar-refractivity contribution in [2.75, 3.05) is 0 Å². The van der Waals surface area contributed by atoms with Crippen LogP contribution in [-0.2, 0) is 0 Å². The van der Waals surface area contributed by atoms with Crippen molar-refractivity contribution in [3.8, 4) is 12.3 Å². The number of terminal acetylenes is 1. The van der Waals surface area contributed by atoms with E-state index in [-0.39, 0.29) is 0 Å². The van der Waals surface area contributed by atoms with Crippen LogP contribution in [-0.4, -0.2) is 4.98 Å². The van der Waals surface area contributed by atoms with Crippen molar-refractivity contribution in [1.82, 2.24) is 4.98 Å². The summed E-state index contributed by atoms with van der Waals surface area (Å²) >= 11 is 0. The minimum atomic E-state index is 0.512. The standard InChI is InChI=1S/C12H7N/c1-3-11-7-6-10-5-4-9(2)8-12(10)13-11/h1,4-5,8H,2H3. The molecule has 1 aromatic heterocycles. The third-order valence-corrected chi connectivity index (χ3v) is 1.84. The average molecular weight is 165 g/mol. The Morgan fingerprint density at radius 3 is 3.00 bits per heavy atom. The molecule has 0 aliphatic rings. The van der Waals surface area contributed by atoms with Crippen LogP contribution >= 0.6 is 0 Å². The molecule has 0 aliphatic carbocycles. The van der Waals surface area contributed by atoms with Crippen LogP contribution in [0.2, 0.25) is 0 Å². The molecule has 0 amide bonds. The summed E-state index contributed by atoms with van der Waals surface area (Å²) in [5.74, 6) is 2.44. The summed E-state index contributed by atoms with van der Waals surface area (Å²) in [6.07, 6.45) is 5.22. The summed E-state index contributed by atoms with van der Waals surface area (Å²) in [5, 5.41) is 0.949. The second-order valence-electron chi connectivity index (χ2n) is 2.88. The van der Waals surface area contributed by atoms with Crippen LogP contribution in [0.4, 0.5) is 0 Å². The third-order valence-electron chi connectivity index (χ3n) is 1.84. The van der Waals surface area contributed by atoms with E-state index in [1.54, 1.807) is 0 Å². The van der Waals surface area contributed by atoms with Gasteiger partial charge < -0.3 is 0 Å². The van der Waals surface area contributed by atoms with Gasteiger partial charge in [0, 0.05) is 0 Å². The van der Waals surface area contributed by atoms with E-state index in [4.69, 9.17) is 6.42 Å². The lowest BCUT2D eigenvalue weighted by Gasteiger charge is -1.94. The van der Waals surface area contributed by atoms with Crippen LogP contribution in [0.15, 0.2) is 18.2 Å². The van der Waals surface area contributed by atoms with Crippen LogP contribution in [0.3, 0.4) is 0 Å². The van der Waals surface area contributed by atoms with Gasteiger partial charge in [0.2, 0.25) is 0 Å². The molecule has 1 heteroatoms. The van der Waals surface area contributed by atoms with Crippen LogP contribution in [0.25, 0.3) is 10.9 Å². The Labute approximate surface area is 77.4 Å². The summed E-state index contributed by atoms with van der Waals surface area (Å²) in [7, 11) is 0. The zero-order valence-corrected chi connectivity index (χ0v) is 7.26. The number of hydrogen-bond donors (Lipinski definition) is 0. The predicted molar refractivity (Wildman–Crippen MR) is 52.1 cm³/mol. The number of nitrogens with zero attached hydrogens (tertiary/aromatic N) is 1. The SMILES string of the molecule is C#Cc1c#cc2ccc(C)cc2n1. The van der Waals surface area contributed by atoms with E-state index >= 15 is 0 Å². The Kier molecular flexibility index (Phi) is 1.65. The molecule has 0 aliphatic heterocycles. The lowest BCUT2D eigenvalue weighted by molar-refractivity contribution is 1.36. The van der Waals surface area contributed by atoms with Crippen molar-refractivity contribution >= 4 is 10.9 Å². The maximum absolute atomic E-state index is 5.22. The quantitative estimate of drug-likeness (QED) is 0.545. The lowest BCUT2D eigenvalue weighted by Crippen LogP contribution is -1.82. The molecule has 0 spiro atoms. The highest BCUT2D eigenvalue weighted by atomic mass is 14.7. The average Bonchev–Trinajstić information content (AvgIpc) is 2.16. The van der Waals surface area contributed by atoms with Gasteiger partial charge >= 0.3 is 0 Å². The molecule has 1 heterocycles. The molecule has 0 radical (unpaired) electrons. The van der Waals surface area contributed by atoms with Crippen molar-refractivity contribution in [1.29, 1.82) is 0 Å². The van der Waals surface area contributed by atoms with Crippen LogP contribution in [0.5, 0.6) is 0 Å². The number of hydrogen-bond acceptors (Lipinski definition) is 1. The van der Waals surface area contributed by atoms with Crippen molar-refractivity contribution in [2.45, 2.75) is 6.92 Å². The van der Waals surface area contributed by atoms with Crippen molar-refractivity contribution < 1.29 is 0 Å². The van der Waals surface area contributed by atoms with Crippen molar-refractivity contribution in [2.24, 2.45) is 0 Å². The molecule has 0 bridgehead atoms. The first-order valence-electron chi connectivity index (χ1n) is 3.97. The molecule has 13 heavy (non-hydrogen) atoms. The first-order chi connectivity index (χ1) is 6.29. The van der Waals surface area contributed by atoms with Crippen molar-refractivity contribution in [3.05, 3.63) is 41.6 Å². The lowest BCUT2D eigenvalue weighted by atomic mass is 10.2. The summed E-state index contributed by atoms with van der Waals surface area (Å²) in [5.41, 5.74) is 2.56. The van der Waals surface area contributed by atoms with E-state index in [9.17, 15) is 0 Å². The van der Waals surface area contributed by atoms with E-state index in [2.05, 4.69) is 23.0 Å². The number of rotatable bonds is 0. The zero-order valence-electron chi connectivity index (χ0n) is 7.26. The first kappa shape index (κ1) is 7.65. The molecule has 2 rings (SSSR count). The van der Waals surface area contributed by atoms with Gasteiger partial charge in [-0.15, -0.1) is 6.42 Å². The minimum absolute atomic E-state index is 0.512. The summed E-state index contributed by atoms with van der Waals surface area (Å²) in [6.45, 7) is 2.02. The Hall–Kier alpha value is -1.99. The highest BCUT2D eigenvalue weighted by molar-refractivity contribution is 5.77. The van der Waals surface area contributed by atoms with E-state index < -0.39 is 0 Å². The van der Waals surface area contributed by atoms with E-state index in [1.807, 2.05) is 25.1 Å². The number of benzene rings is 1. The Morgan fingerprint density at radius 2 is 2.23 bits per heavy atom. The summed E-state index contributed by atoms with van der Waals surface area (Å²) in [6, 6.07) is 11.7. The predicted octanol–water partition coefficient (Wildman–Crippen LogP) is 2.12. The molecule has 0 saturated carbocycles. The number of aryl methyl sites for hydroxylation is 1. The molecular formula is C12H7N. The molecule has 0 fully saturated rings. The van der Waals surface area contributed by atoms with Gasteiger partial charge in [-0.25, -0.2) is 4.98 Å². The van der Waals surface area contributed by atoms with Gasteiger partial charge in [-0.3, -0.25) is 0 Å². The highest BCUT2D eigenvalue weighted by Gasteiger charge is 1.94. The second kappa shape index (κ2) is 2.81. The number of aromatic nitrogens is 1. The van der Waals surface area contributed by atoms with Gasteiger partial charge in [-0.05, 0) is 36.6 Å². The first-order valence-corrected chi connectivity index (χ1v) is 3.97. The van der Waals surface area contributed by atoms with E-state index in [0.29, 0.717) is 5.69 Å². The van der Waals surface area contributed by atoms with Gasteiger partial charge in [0.15, 0.2) is 5.69 Å². The fourth-order valence-corrected chi connectivity index (χ4v) is 1.18. The van der Waals surface area contributed by atoms with Gasteiger partial charge in [0.05, 0.1) is 10.9 Å². The van der Waals surface area contributed by atoms with Crippen LogP contribution < -0.4 is 0 Å². The maximum atomic E-state index is 5.22. The molecule has 2 aromatic rings. The molecule has 60 valence electrons. The summed E-state index contributed by atoms with van der Waals surface area (Å²) < 4.78 is 0. The molecule has 0 saturated heterocycles. The normalized spacial score (nSPS) is 9.23.